The van der Waals surface area contributed by atoms with Gasteiger partial charge in [0.2, 0.25) is 0 Å². The van der Waals surface area contributed by atoms with Crippen LogP contribution in [0.1, 0.15) is 37.7 Å². The molecule has 2 N–H and O–H groups in total. The number of rotatable bonds is 6. The molecule has 0 spiro atoms. The summed E-state index contributed by atoms with van der Waals surface area (Å²) < 4.78 is 23.3. The molecule has 1 aliphatic heterocycles. The van der Waals surface area contributed by atoms with E-state index in [1.165, 1.54) is 5.56 Å². The third-order valence-corrected chi connectivity index (χ3v) is 5.83. The summed E-state index contributed by atoms with van der Waals surface area (Å²) in [5.41, 5.74) is 1.18. The largest absolute Gasteiger partial charge is 0.393 e. The van der Waals surface area contributed by atoms with Crippen LogP contribution in [0.5, 0.6) is 0 Å². The topological polar surface area (TPSA) is 66.4 Å². The molecule has 0 aromatic heterocycles. The second-order valence-electron chi connectivity index (χ2n) is 6.05. The SMILES string of the molecule is CC(O)CC(CNC1CCCS(=O)(=O)C1)c1ccccc1. The molecule has 1 fully saturated rings. The highest BCUT2D eigenvalue weighted by atomic mass is 32.2. The van der Waals surface area contributed by atoms with Gasteiger partial charge < -0.3 is 10.4 Å². The fraction of sp³-hybridized carbons (Fsp3) is 0.625. The van der Waals surface area contributed by atoms with Gasteiger partial charge in [-0.05, 0) is 37.7 Å². The third kappa shape index (κ3) is 5.41. The van der Waals surface area contributed by atoms with E-state index in [4.69, 9.17) is 0 Å². The van der Waals surface area contributed by atoms with Crippen LogP contribution in [0.15, 0.2) is 30.3 Å². The van der Waals surface area contributed by atoms with Crippen LogP contribution in [-0.4, -0.2) is 43.7 Å². The molecule has 0 radical (unpaired) electrons. The molecular weight excluding hydrogens is 286 g/mol. The van der Waals surface area contributed by atoms with Gasteiger partial charge in [-0.2, -0.15) is 0 Å². The minimum absolute atomic E-state index is 0.0453. The van der Waals surface area contributed by atoms with Gasteiger partial charge >= 0.3 is 0 Å². The average molecular weight is 311 g/mol. The molecule has 1 saturated heterocycles. The molecule has 5 heteroatoms. The van der Waals surface area contributed by atoms with Crippen molar-refractivity contribution >= 4 is 9.84 Å². The van der Waals surface area contributed by atoms with Gasteiger partial charge in [-0.15, -0.1) is 0 Å². The summed E-state index contributed by atoms with van der Waals surface area (Å²) in [6.45, 7) is 2.50. The molecule has 0 saturated carbocycles. The number of nitrogens with one attached hydrogen (secondary N) is 1. The highest BCUT2D eigenvalue weighted by molar-refractivity contribution is 7.91. The Balaban J connectivity index is 1.96. The minimum atomic E-state index is -2.88. The quantitative estimate of drug-likeness (QED) is 0.839. The predicted octanol–water partition coefficient (Wildman–Crippen LogP) is 1.71. The van der Waals surface area contributed by atoms with E-state index in [2.05, 4.69) is 17.4 Å². The maximum atomic E-state index is 11.7. The van der Waals surface area contributed by atoms with E-state index < -0.39 is 9.84 Å². The summed E-state index contributed by atoms with van der Waals surface area (Å²) >= 11 is 0. The van der Waals surface area contributed by atoms with Crippen molar-refractivity contribution in [3.8, 4) is 0 Å². The lowest BCUT2D eigenvalue weighted by atomic mass is 9.93. The van der Waals surface area contributed by atoms with Gasteiger partial charge in [-0.3, -0.25) is 0 Å². The molecule has 1 aromatic rings. The zero-order valence-corrected chi connectivity index (χ0v) is 13.3. The Morgan fingerprint density at radius 3 is 2.67 bits per heavy atom. The van der Waals surface area contributed by atoms with Crippen LogP contribution in [0.2, 0.25) is 0 Å². The molecule has 1 aromatic carbocycles. The monoisotopic (exact) mass is 311 g/mol. The second-order valence-corrected chi connectivity index (χ2v) is 8.28. The third-order valence-electron chi connectivity index (χ3n) is 4.01. The van der Waals surface area contributed by atoms with Crippen molar-refractivity contribution in [1.29, 1.82) is 0 Å². The normalized spacial score (nSPS) is 24.4. The average Bonchev–Trinajstić information content (AvgIpc) is 2.43. The van der Waals surface area contributed by atoms with Crippen LogP contribution in [0.4, 0.5) is 0 Å². The Kier molecular flexibility index (Phi) is 5.79. The van der Waals surface area contributed by atoms with Crippen LogP contribution >= 0.6 is 0 Å². The lowest BCUT2D eigenvalue weighted by Crippen LogP contribution is -2.42. The number of benzene rings is 1. The fourth-order valence-corrected chi connectivity index (χ4v) is 4.64. The summed E-state index contributed by atoms with van der Waals surface area (Å²) in [6, 6.07) is 10.1. The number of aliphatic hydroxyl groups excluding tert-OH is 1. The molecule has 118 valence electrons. The van der Waals surface area contributed by atoms with Gasteiger partial charge in [0.25, 0.3) is 0 Å². The van der Waals surface area contributed by atoms with Crippen molar-refractivity contribution in [2.75, 3.05) is 18.1 Å². The molecule has 0 bridgehead atoms. The highest BCUT2D eigenvalue weighted by Crippen LogP contribution is 2.21. The summed E-state index contributed by atoms with van der Waals surface area (Å²) in [5.74, 6) is 0.764. The Bertz CT molecular complexity index is 528. The summed E-state index contributed by atoms with van der Waals surface area (Å²) in [7, 11) is -2.88. The molecule has 1 heterocycles. The lowest BCUT2D eigenvalue weighted by Gasteiger charge is -2.26. The highest BCUT2D eigenvalue weighted by Gasteiger charge is 2.25. The van der Waals surface area contributed by atoms with Gasteiger partial charge in [-0.25, -0.2) is 8.42 Å². The molecule has 0 amide bonds. The van der Waals surface area contributed by atoms with Crippen molar-refractivity contribution in [3.05, 3.63) is 35.9 Å². The first-order valence-corrected chi connectivity index (χ1v) is 9.45. The standard InChI is InChI=1S/C16H25NO3S/c1-13(18)10-15(14-6-3-2-4-7-14)11-17-16-8-5-9-21(19,20)12-16/h2-4,6-7,13,15-18H,5,8-12H2,1H3. The summed E-state index contributed by atoms with van der Waals surface area (Å²) in [5, 5.41) is 13.1. The Morgan fingerprint density at radius 1 is 1.33 bits per heavy atom. The van der Waals surface area contributed by atoms with Crippen molar-refractivity contribution in [1.82, 2.24) is 5.32 Å². The zero-order valence-electron chi connectivity index (χ0n) is 12.5. The number of sulfone groups is 1. The molecule has 3 unspecified atom stereocenters. The van der Waals surface area contributed by atoms with Gasteiger partial charge in [0.15, 0.2) is 9.84 Å². The molecule has 21 heavy (non-hydrogen) atoms. The van der Waals surface area contributed by atoms with Crippen LogP contribution in [0.3, 0.4) is 0 Å². The van der Waals surface area contributed by atoms with E-state index in [0.717, 1.165) is 12.8 Å². The van der Waals surface area contributed by atoms with Crippen LogP contribution in [0.25, 0.3) is 0 Å². The maximum absolute atomic E-state index is 11.7. The van der Waals surface area contributed by atoms with E-state index in [1.54, 1.807) is 6.92 Å². The maximum Gasteiger partial charge on any atom is 0.151 e. The van der Waals surface area contributed by atoms with E-state index in [9.17, 15) is 13.5 Å². The Labute approximate surface area is 127 Å². The molecular formula is C16H25NO3S. The van der Waals surface area contributed by atoms with Crippen LogP contribution in [-0.2, 0) is 9.84 Å². The Hall–Kier alpha value is -0.910. The number of hydrogen-bond donors (Lipinski definition) is 2. The molecule has 3 atom stereocenters. The smallest absolute Gasteiger partial charge is 0.151 e. The van der Waals surface area contributed by atoms with Gasteiger partial charge in [0.1, 0.15) is 0 Å². The first-order valence-electron chi connectivity index (χ1n) is 7.63. The van der Waals surface area contributed by atoms with Gasteiger partial charge in [-0.1, -0.05) is 30.3 Å². The van der Waals surface area contributed by atoms with Crippen LogP contribution in [0, 0.1) is 0 Å². The van der Waals surface area contributed by atoms with E-state index in [1.807, 2.05) is 18.2 Å². The summed E-state index contributed by atoms with van der Waals surface area (Å²) in [4.78, 5) is 0. The summed E-state index contributed by atoms with van der Waals surface area (Å²) in [6.07, 6.45) is 1.96. The first-order chi connectivity index (χ1) is 9.96. The van der Waals surface area contributed by atoms with E-state index in [-0.39, 0.29) is 23.8 Å². The Morgan fingerprint density at radius 2 is 2.05 bits per heavy atom. The lowest BCUT2D eigenvalue weighted by molar-refractivity contribution is 0.172. The number of aliphatic hydroxyl groups is 1. The van der Waals surface area contributed by atoms with Crippen molar-refractivity contribution in [2.45, 2.75) is 44.2 Å². The van der Waals surface area contributed by atoms with Crippen LogP contribution < -0.4 is 5.32 Å². The van der Waals surface area contributed by atoms with Gasteiger partial charge in [0.05, 0.1) is 17.6 Å². The van der Waals surface area contributed by atoms with E-state index in [0.29, 0.717) is 18.7 Å². The zero-order chi connectivity index (χ0) is 15.3. The molecule has 2 rings (SSSR count). The van der Waals surface area contributed by atoms with E-state index >= 15 is 0 Å². The predicted molar refractivity (Wildman–Crippen MR) is 85.2 cm³/mol. The van der Waals surface area contributed by atoms with Crippen molar-refractivity contribution < 1.29 is 13.5 Å². The minimum Gasteiger partial charge on any atom is -0.393 e. The molecule has 4 nitrogen and oxygen atoms in total. The van der Waals surface area contributed by atoms with Gasteiger partial charge in [0, 0.05) is 12.6 Å². The van der Waals surface area contributed by atoms with Crippen molar-refractivity contribution in [2.24, 2.45) is 0 Å². The molecule has 0 aliphatic carbocycles. The number of hydrogen-bond acceptors (Lipinski definition) is 4. The van der Waals surface area contributed by atoms with Crippen molar-refractivity contribution in [3.63, 3.8) is 0 Å². The first kappa shape index (κ1) is 16.5. The molecule has 1 aliphatic rings. The second kappa shape index (κ2) is 7.38. The fourth-order valence-electron chi connectivity index (χ4n) is 2.97.